The van der Waals surface area contributed by atoms with E-state index >= 15 is 0 Å². The lowest BCUT2D eigenvalue weighted by atomic mass is 10.1. The van der Waals surface area contributed by atoms with E-state index < -0.39 is 5.91 Å². The molecule has 0 aliphatic carbocycles. The number of carbonyl (C=O) groups excluding carboxylic acids is 2. The molecule has 0 aliphatic heterocycles. The van der Waals surface area contributed by atoms with E-state index in [-0.39, 0.29) is 11.6 Å². The third-order valence-electron chi connectivity index (χ3n) is 4.60. The van der Waals surface area contributed by atoms with E-state index in [2.05, 4.69) is 10.6 Å². The molecule has 3 rings (SSSR count). The van der Waals surface area contributed by atoms with E-state index in [1.54, 1.807) is 43.5 Å². The van der Waals surface area contributed by atoms with Gasteiger partial charge in [0.05, 0.1) is 7.11 Å². The molecule has 3 aromatic carbocycles. The number of benzene rings is 3. The molecule has 0 atom stereocenters. The Bertz CT molecular complexity index is 1090. The highest BCUT2D eigenvalue weighted by atomic mass is 16.5. The van der Waals surface area contributed by atoms with Crippen LogP contribution in [0, 0.1) is 13.8 Å². The van der Waals surface area contributed by atoms with Gasteiger partial charge in [0, 0.05) is 16.8 Å². The summed E-state index contributed by atoms with van der Waals surface area (Å²) in [5.74, 6) is -0.187. The monoisotopic (exact) mass is 400 g/mol. The fourth-order valence-electron chi connectivity index (χ4n) is 3.03. The summed E-state index contributed by atoms with van der Waals surface area (Å²) < 4.78 is 5.38. The Labute approximate surface area is 176 Å². The number of methoxy groups -OCH3 is 1. The van der Waals surface area contributed by atoms with Crippen molar-refractivity contribution in [1.82, 2.24) is 5.32 Å². The van der Waals surface area contributed by atoms with Crippen molar-refractivity contribution < 1.29 is 14.3 Å². The van der Waals surface area contributed by atoms with E-state index in [4.69, 9.17) is 4.74 Å². The first-order valence-corrected chi connectivity index (χ1v) is 9.57. The third-order valence-corrected chi connectivity index (χ3v) is 4.60. The summed E-state index contributed by atoms with van der Waals surface area (Å²) >= 11 is 0. The number of hydrogen-bond acceptors (Lipinski definition) is 3. The highest BCUT2D eigenvalue weighted by molar-refractivity contribution is 6.11. The van der Waals surface area contributed by atoms with Crippen LogP contribution in [0.3, 0.4) is 0 Å². The van der Waals surface area contributed by atoms with Crippen molar-refractivity contribution in [1.29, 1.82) is 0 Å². The lowest BCUT2D eigenvalue weighted by molar-refractivity contribution is -0.113. The molecule has 0 saturated heterocycles. The number of carbonyl (C=O) groups is 2. The zero-order chi connectivity index (χ0) is 21.5. The van der Waals surface area contributed by atoms with Crippen LogP contribution in [-0.4, -0.2) is 18.9 Å². The Morgan fingerprint density at radius 2 is 1.60 bits per heavy atom. The fraction of sp³-hybridized carbons (Fsp3) is 0.120. The molecule has 0 fully saturated rings. The van der Waals surface area contributed by atoms with Gasteiger partial charge in [-0.25, -0.2) is 0 Å². The largest absolute Gasteiger partial charge is 0.496 e. The first-order valence-electron chi connectivity index (χ1n) is 9.57. The summed E-state index contributed by atoms with van der Waals surface area (Å²) in [6.45, 7) is 3.92. The predicted molar refractivity (Wildman–Crippen MR) is 119 cm³/mol. The van der Waals surface area contributed by atoms with Crippen molar-refractivity contribution in [3.63, 3.8) is 0 Å². The Morgan fingerprint density at radius 3 is 2.30 bits per heavy atom. The summed E-state index contributed by atoms with van der Waals surface area (Å²) in [5.41, 5.74) is 3.99. The highest BCUT2D eigenvalue weighted by Crippen LogP contribution is 2.21. The molecule has 0 heterocycles. The van der Waals surface area contributed by atoms with Gasteiger partial charge in [-0.3, -0.25) is 9.59 Å². The summed E-state index contributed by atoms with van der Waals surface area (Å²) in [5, 5.41) is 5.63. The van der Waals surface area contributed by atoms with Crippen LogP contribution in [0.5, 0.6) is 5.75 Å². The molecule has 0 aromatic heterocycles. The summed E-state index contributed by atoms with van der Waals surface area (Å²) in [6.07, 6.45) is 1.61. The summed E-state index contributed by atoms with van der Waals surface area (Å²) in [4.78, 5) is 25.8. The maximum absolute atomic E-state index is 13.1. The van der Waals surface area contributed by atoms with Crippen LogP contribution in [-0.2, 0) is 4.79 Å². The first-order chi connectivity index (χ1) is 14.5. The molecule has 0 radical (unpaired) electrons. The molecular weight excluding hydrogens is 376 g/mol. The standard InChI is InChI=1S/C25H24N2O3/c1-17-13-14-21(18(2)15-17)26-25(29)22(16-20-11-7-8-12-23(20)30-3)27-24(28)19-9-5-4-6-10-19/h4-16H,1-3H3,(H,26,29)(H,27,28). The molecule has 0 aliphatic rings. The average Bonchev–Trinajstić information content (AvgIpc) is 2.76. The van der Waals surface area contributed by atoms with E-state index in [0.717, 1.165) is 11.1 Å². The quantitative estimate of drug-likeness (QED) is 0.588. The van der Waals surface area contributed by atoms with E-state index in [0.29, 0.717) is 22.6 Å². The van der Waals surface area contributed by atoms with Crippen LogP contribution < -0.4 is 15.4 Å². The third kappa shape index (κ3) is 5.14. The molecule has 0 spiro atoms. The first kappa shape index (κ1) is 20.9. The van der Waals surface area contributed by atoms with Crippen molar-refractivity contribution in [2.24, 2.45) is 0 Å². The number of rotatable bonds is 6. The van der Waals surface area contributed by atoms with Crippen molar-refractivity contribution in [3.8, 4) is 5.75 Å². The van der Waals surface area contributed by atoms with Crippen LogP contribution in [0.2, 0.25) is 0 Å². The predicted octanol–water partition coefficient (Wildman–Crippen LogP) is 4.72. The zero-order valence-electron chi connectivity index (χ0n) is 17.2. The Balaban J connectivity index is 1.94. The number of aryl methyl sites for hydroxylation is 2. The van der Waals surface area contributed by atoms with Crippen molar-refractivity contribution in [2.75, 3.05) is 12.4 Å². The Kier molecular flexibility index (Phi) is 6.65. The second kappa shape index (κ2) is 9.56. The van der Waals surface area contributed by atoms with Crippen LogP contribution >= 0.6 is 0 Å². The minimum atomic E-state index is -0.419. The second-order valence-electron chi connectivity index (χ2n) is 6.89. The van der Waals surface area contributed by atoms with Gasteiger partial charge in [0.2, 0.25) is 0 Å². The number of ether oxygens (including phenoxy) is 1. The Morgan fingerprint density at radius 1 is 0.900 bits per heavy atom. The highest BCUT2D eigenvalue weighted by Gasteiger charge is 2.16. The van der Waals surface area contributed by atoms with E-state index in [9.17, 15) is 9.59 Å². The normalized spacial score (nSPS) is 11.0. The minimum absolute atomic E-state index is 0.119. The van der Waals surface area contributed by atoms with Crippen molar-refractivity contribution in [2.45, 2.75) is 13.8 Å². The molecule has 0 unspecified atom stereocenters. The second-order valence-corrected chi connectivity index (χ2v) is 6.89. The van der Waals surface area contributed by atoms with Crippen LogP contribution in [0.1, 0.15) is 27.0 Å². The minimum Gasteiger partial charge on any atom is -0.496 e. The molecule has 2 amide bonds. The van der Waals surface area contributed by atoms with Gasteiger partial charge in [-0.05, 0) is 49.8 Å². The van der Waals surface area contributed by atoms with Crippen molar-refractivity contribution >= 4 is 23.6 Å². The number of anilines is 1. The topological polar surface area (TPSA) is 67.4 Å². The lowest BCUT2D eigenvalue weighted by Crippen LogP contribution is -2.30. The molecular formula is C25H24N2O3. The molecule has 30 heavy (non-hydrogen) atoms. The molecule has 152 valence electrons. The lowest BCUT2D eigenvalue weighted by Gasteiger charge is -2.14. The van der Waals surface area contributed by atoms with E-state index in [1.807, 2.05) is 56.3 Å². The smallest absolute Gasteiger partial charge is 0.272 e. The maximum atomic E-state index is 13.1. The number of nitrogens with one attached hydrogen (secondary N) is 2. The number of hydrogen-bond donors (Lipinski definition) is 2. The molecule has 0 bridgehead atoms. The number of para-hydroxylation sites is 1. The van der Waals surface area contributed by atoms with Crippen molar-refractivity contribution in [3.05, 3.63) is 101 Å². The van der Waals surface area contributed by atoms with Gasteiger partial charge in [-0.1, -0.05) is 54.1 Å². The fourth-order valence-corrected chi connectivity index (χ4v) is 3.03. The maximum Gasteiger partial charge on any atom is 0.272 e. The zero-order valence-corrected chi connectivity index (χ0v) is 17.2. The molecule has 2 N–H and O–H groups in total. The van der Waals surface area contributed by atoms with Gasteiger partial charge in [0.25, 0.3) is 11.8 Å². The molecule has 0 saturated carbocycles. The van der Waals surface area contributed by atoms with Gasteiger partial charge in [-0.15, -0.1) is 0 Å². The van der Waals surface area contributed by atoms with Gasteiger partial charge in [0.15, 0.2) is 0 Å². The molecule has 5 heteroatoms. The van der Waals surface area contributed by atoms with Gasteiger partial charge < -0.3 is 15.4 Å². The van der Waals surface area contributed by atoms with Gasteiger partial charge in [-0.2, -0.15) is 0 Å². The SMILES string of the molecule is COc1ccccc1C=C(NC(=O)c1ccccc1)C(=O)Nc1ccc(C)cc1C. The van der Waals surface area contributed by atoms with E-state index in [1.165, 1.54) is 0 Å². The van der Waals surface area contributed by atoms with Gasteiger partial charge >= 0.3 is 0 Å². The van der Waals surface area contributed by atoms with Crippen LogP contribution in [0.4, 0.5) is 5.69 Å². The number of amides is 2. The molecule has 5 nitrogen and oxygen atoms in total. The Hall–Kier alpha value is -3.86. The molecule has 3 aromatic rings. The summed E-state index contributed by atoms with van der Waals surface area (Å²) in [7, 11) is 1.56. The average molecular weight is 400 g/mol. The van der Waals surface area contributed by atoms with Crippen LogP contribution in [0.15, 0.2) is 78.5 Å². The van der Waals surface area contributed by atoms with Gasteiger partial charge in [0.1, 0.15) is 11.4 Å². The summed E-state index contributed by atoms with van der Waals surface area (Å²) in [6, 6.07) is 21.8. The van der Waals surface area contributed by atoms with Crippen LogP contribution in [0.25, 0.3) is 6.08 Å².